The third-order valence-corrected chi connectivity index (χ3v) is 6.17. The Hall–Kier alpha value is -3.44. The van der Waals surface area contributed by atoms with E-state index < -0.39 is 0 Å². The second-order valence-corrected chi connectivity index (χ2v) is 8.15. The molecule has 1 aliphatic rings. The van der Waals surface area contributed by atoms with E-state index in [0.29, 0.717) is 11.9 Å². The summed E-state index contributed by atoms with van der Waals surface area (Å²) in [6, 6.07) is 23.0. The van der Waals surface area contributed by atoms with E-state index in [4.69, 9.17) is 14.1 Å². The number of fused-ring (bicyclic) bond motifs is 2. The average molecular weight is 409 g/mol. The number of aryl methyl sites for hydroxylation is 1. The van der Waals surface area contributed by atoms with Crippen molar-refractivity contribution in [3.63, 3.8) is 0 Å². The third kappa shape index (κ3) is 3.13. The van der Waals surface area contributed by atoms with Gasteiger partial charge in [-0.2, -0.15) is 0 Å². The van der Waals surface area contributed by atoms with Gasteiger partial charge in [0.1, 0.15) is 11.3 Å². The largest absolute Gasteiger partial charge is 0.436 e. The molecule has 0 unspecified atom stereocenters. The number of aromatic nitrogens is 3. The molecule has 5 aromatic rings. The van der Waals surface area contributed by atoms with Crippen LogP contribution in [0.2, 0.25) is 0 Å². The summed E-state index contributed by atoms with van der Waals surface area (Å²) in [5.74, 6) is 1.65. The van der Waals surface area contributed by atoms with Gasteiger partial charge in [0.15, 0.2) is 5.58 Å². The predicted octanol–water partition coefficient (Wildman–Crippen LogP) is 6.17. The van der Waals surface area contributed by atoms with Crippen molar-refractivity contribution in [1.82, 2.24) is 14.5 Å². The summed E-state index contributed by atoms with van der Waals surface area (Å²) in [5.41, 5.74) is 7.11. The molecule has 6 rings (SSSR count). The first-order valence-corrected chi connectivity index (χ1v) is 10.8. The minimum Gasteiger partial charge on any atom is -0.436 e. The molecule has 3 heterocycles. The Morgan fingerprint density at radius 3 is 2.52 bits per heavy atom. The van der Waals surface area contributed by atoms with Crippen LogP contribution in [0.3, 0.4) is 0 Å². The van der Waals surface area contributed by atoms with E-state index in [1.54, 1.807) is 0 Å². The first kappa shape index (κ1) is 18.3. The van der Waals surface area contributed by atoms with Crippen molar-refractivity contribution in [3.05, 3.63) is 72.3 Å². The zero-order valence-electron chi connectivity index (χ0n) is 17.4. The van der Waals surface area contributed by atoms with Crippen molar-refractivity contribution in [2.45, 2.75) is 25.8 Å². The summed E-state index contributed by atoms with van der Waals surface area (Å²) in [4.78, 5) is 9.78. The molecule has 5 nitrogen and oxygen atoms in total. The van der Waals surface area contributed by atoms with Gasteiger partial charge < -0.3 is 13.7 Å². The lowest BCUT2D eigenvalue weighted by Gasteiger charge is -2.26. The Kier molecular flexibility index (Phi) is 4.35. The first-order chi connectivity index (χ1) is 15.3. The van der Waals surface area contributed by atoms with E-state index in [1.807, 2.05) is 24.3 Å². The number of nitrogens with zero attached hydrogens (tertiary/aromatic N) is 3. The van der Waals surface area contributed by atoms with Gasteiger partial charge in [-0.25, -0.2) is 9.97 Å². The van der Waals surface area contributed by atoms with Gasteiger partial charge >= 0.3 is 0 Å². The second-order valence-electron chi connectivity index (χ2n) is 8.15. The van der Waals surface area contributed by atoms with Gasteiger partial charge in [0.05, 0.1) is 11.0 Å². The molecule has 1 aliphatic heterocycles. The van der Waals surface area contributed by atoms with Crippen LogP contribution in [0.5, 0.6) is 0 Å². The summed E-state index contributed by atoms with van der Waals surface area (Å²) >= 11 is 0. The van der Waals surface area contributed by atoms with Crippen LogP contribution in [0.4, 0.5) is 0 Å². The molecule has 0 atom stereocenters. The fraction of sp³-hybridized carbons (Fsp3) is 0.231. The minimum absolute atomic E-state index is 0.378. The van der Waals surface area contributed by atoms with Crippen molar-refractivity contribution in [3.8, 4) is 22.8 Å². The van der Waals surface area contributed by atoms with E-state index in [2.05, 4.69) is 58.9 Å². The molecule has 0 N–H and O–H groups in total. The number of imidazole rings is 1. The van der Waals surface area contributed by atoms with Crippen LogP contribution in [-0.2, 0) is 4.74 Å². The fourth-order valence-corrected chi connectivity index (χ4v) is 4.55. The standard InChI is InChI=1S/C26H23N3O2/c1-17-6-2-3-7-20(17)25-27-22-16-18(26-28-21-8-4-5-9-24(21)31-26)10-11-23(22)29(25)19-12-14-30-15-13-19/h2-11,16,19H,12-15H2,1H3. The van der Waals surface area contributed by atoms with Crippen LogP contribution in [0, 0.1) is 6.92 Å². The van der Waals surface area contributed by atoms with Gasteiger partial charge in [0, 0.05) is 30.4 Å². The van der Waals surface area contributed by atoms with Gasteiger partial charge in [0.2, 0.25) is 5.89 Å². The lowest BCUT2D eigenvalue weighted by Crippen LogP contribution is -2.20. The number of oxazole rings is 1. The van der Waals surface area contributed by atoms with E-state index in [1.165, 1.54) is 11.1 Å². The van der Waals surface area contributed by atoms with Crippen LogP contribution in [0.1, 0.15) is 24.4 Å². The summed E-state index contributed by atoms with van der Waals surface area (Å²) in [6.07, 6.45) is 1.99. The first-order valence-electron chi connectivity index (χ1n) is 10.8. The number of para-hydroxylation sites is 2. The van der Waals surface area contributed by atoms with Crippen molar-refractivity contribution in [1.29, 1.82) is 0 Å². The number of ether oxygens (including phenoxy) is 1. The highest BCUT2D eigenvalue weighted by atomic mass is 16.5. The molecule has 154 valence electrons. The molecule has 0 bridgehead atoms. The summed E-state index contributed by atoms with van der Waals surface area (Å²) in [5, 5.41) is 0. The summed E-state index contributed by atoms with van der Waals surface area (Å²) < 4.78 is 14.0. The zero-order valence-corrected chi connectivity index (χ0v) is 17.4. The summed E-state index contributed by atoms with van der Waals surface area (Å²) in [7, 11) is 0. The summed E-state index contributed by atoms with van der Waals surface area (Å²) in [6.45, 7) is 3.73. The number of hydrogen-bond donors (Lipinski definition) is 0. The molecule has 3 aromatic carbocycles. The Labute approximate surface area is 180 Å². The van der Waals surface area contributed by atoms with Crippen LogP contribution in [-0.4, -0.2) is 27.7 Å². The molecule has 0 aliphatic carbocycles. The number of hydrogen-bond acceptors (Lipinski definition) is 4. The van der Waals surface area contributed by atoms with Crippen molar-refractivity contribution in [2.75, 3.05) is 13.2 Å². The molecule has 0 amide bonds. The van der Waals surface area contributed by atoms with Crippen molar-refractivity contribution in [2.24, 2.45) is 0 Å². The van der Waals surface area contributed by atoms with Crippen LogP contribution in [0.15, 0.2) is 71.1 Å². The molecule has 0 radical (unpaired) electrons. The maximum absolute atomic E-state index is 6.00. The molecule has 31 heavy (non-hydrogen) atoms. The van der Waals surface area contributed by atoms with Gasteiger partial charge in [0.25, 0.3) is 0 Å². The smallest absolute Gasteiger partial charge is 0.227 e. The molecule has 5 heteroatoms. The van der Waals surface area contributed by atoms with Crippen LogP contribution < -0.4 is 0 Å². The maximum Gasteiger partial charge on any atom is 0.227 e. The Balaban J connectivity index is 1.54. The SMILES string of the molecule is Cc1ccccc1-c1nc2cc(-c3nc4ccccc4o3)ccc2n1C1CCOCC1. The van der Waals surface area contributed by atoms with E-state index >= 15 is 0 Å². The van der Waals surface area contributed by atoms with Crippen LogP contribution in [0.25, 0.3) is 45.0 Å². The van der Waals surface area contributed by atoms with Crippen molar-refractivity contribution >= 4 is 22.1 Å². The quantitative estimate of drug-likeness (QED) is 0.357. The van der Waals surface area contributed by atoms with Gasteiger partial charge in [-0.15, -0.1) is 0 Å². The number of benzene rings is 3. The van der Waals surface area contributed by atoms with Crippen LogP contribution >= 0.6 is 0 Å². The Morgan fingerprint density at radius 2 is 1.68 bits per heavy atom. The van der Waals surface area contributed by atoms with E-state index in [9.17, 15) is 0 Å². The number of rotatable bonds is 3. The highest BCUT2D eigenvalue weighted by Gasteiger charge is 2.24. The molecule has 1 saturated heterocycles. The highest BCUT2D eigenvalue weighted by Crippen LogP contribution is 2.36. The molecule has 2 aromatic heterocycles. The molecular weight excluding hydrogens is 386 g/mol. The van der Waals surface area contributed by atoms with Gasteiger partial charge in [-0.05, 0) is 55.7 Å². The Bertz CT molecular complexity index is 1360. The Morgan fingerprint density at radius 1 is 0.871 bits per heavy atom. The highest BCUT2D eigenvalue weighted by molar-refractivity contribution is 5.86. The molecular formula is C26H23N3O2. The lowest BCUT2D eigenvalue weighted by atomic mass is 10.1. The normalized spacial score (nSPS) is 15.1. The average Bonchev–Trinajstić information content (AvgIpc) is 3.41. The van der Waals surface area contributed by atoms with E-state index in [0.717, 1.165) is 59.6 Å². The van der Waals surface area contributed by atoms with E-state index in [-0.39, 0.29) is 0 Å². The third-order valence-electron chi connectivity index (χ3n) is 6.17. The maximum atomic E-state index is 6.00. The molecule has 0 saturated carbocycles. The minimum atomic E-state index is 0.378. The lowest BCUT2D eigenvalue weighted by molar-refractivity contribution is 0.0710. The second kappa shape index (κ2) is 7.36. The zero-order chi connectivity index (χ0) is 20.8. The molecule has 1 fully saturated rings. The molecule has 0 spiro atoms. The fourth-order valence-electron chi connectivity index (χ4n) is 4.55. The van der Waals surface area contributed by atoms with Gasteiger partial charge in [-0.3, -0.25) is 0 Å². The van der Waals surface area contributed by atoms with Crippen molar-refractivity contribution < 1.29 is 9.15 Å². The monoisotopic (exact) mass is 409 g/mol. The van der Waals surface area contributed by atoms with Gasteiger partial charge in [-0.1, -0.05) is 36.4 Å². The topological polar surface area (TPSA) is 53.1 Å². The predicted molar refractivity (Wildman–Crippen MR) is 122 cm³/mol.